The van der Waals surface area contributed by atoms with E-state index in [2.05, 4.69) is 5.32 Å². The summed E-state index contributed by atoms with van der Waals surface area (Å²) >= 11 is 0. The maximum absolute atomic E-state index is 12.0. The summed E-state index contributed by atoms with van der Waals surface area (Å²) in [5, 5.41) is 20.5. The van der Waals surface area contributed by atoms with Crippen LogP contribution in [0.1, 0.15) is 18.9 Å². The summed E-state index contributed by atoms with van der Waals surface area (Å²) in [5.41, 5.74) is 0.444. The summed E-state index contributed by atoms with van der Waals surface area (Å²) in [6.07, 6.45) is 0.704. The monoisotopic (exact) mass is 296 g/mol. The first-order chi connectivity index (χ1) is 9.49. The maximum atomic E-state index is 12.0. The van der Waals surface area contributed by atoms with E-state index in [1.165, 1.54) is 24.3 Å². The molecule has 0 aliphatic carbocycles. The highest BCUT2D eigenvalue weighted by Gasteiger charge is 2.13. The van der Waals surface area contributed by atoms with Crippen molar-refractivity contribution in [3.05, 3.63) is 29.8 Å². The molecule has 0 aliphatic rings. The van der Waals surface area contributed by atoms with Crippen molar-refractivity contribution in [1.29, 1.82) is 5.26 Å². The lowest BCUT2D eigenvalue weighted by Crippen LogP contribution is -2.27. The minimum Gasteiger partial charge on any atom is -0.396 e. The third kappa shape index (κ3) is 5.29. The van der Waals surface area contributed by atoms with Crippen molar-refractivity contribution in [2.24, 2.45) is 5.92 Å². The predicted octanol–water partition coefficient (Wildman–Crippen LogP) is 0.940. The second-order valence-electron chi connectivity index (χ2n) is 4.78. The fourth-order valence-electron chi connectivity index (χ4n) is 1.73. The van der Waals surface area contributed by atoms with E-state index in [0.717, 1.165) is 0 Å². The van der Waals surface area contributed by atoms with Crippen LogP contribution in [0.2, 0.25) is 0 Å². The first-order valence-corrected chi connectivity index (χ1v) is 8.19. The highest BCUT2D eigenvalue weighted by molar-refractivity contribution is 7.91. The van der Waals surface area contributed by atoms with Gasteiger partial charge in [0.25, 0.3) is 0 Å². The number of benzene rings is 1. The molecule has 0 aromatic heterocycles. The second kappa shape index (κ2) is 8.00. The number of aliphatic hydroxyl groups excluding tert-OH is 1. The van der Waals surface area contributed by atoms with Gasteiger partial charge in [-0.2, -0.15) is 5.26 Å². The van der Waals surface area contributed by atoms with Crippen LogP contribution in [0.15, 0.2) is 29.2 Å². The molecule has 0 heterocycles. The van der Waals surface area contributed by atoms with Gasteiger partial charge in [0.2, 0.25) is 0 Å². The molecule has 0 radical (unpaired) electrons. The molecule has 2 N–H and O–H groups in total. The molecular weight excluding hydrogens is 276 g/mol. The lowest BCUT2D eigenvalue weighted by molar-refractivity contribution is 0.260. The molecule has 0 saturated heterocycles. The lowest BCUT2D eigenvalue weighted by atomic mass is 10.1. The lowest BCUT2D eigenvalue weighted by Gasteiger charge is -2.11. The standard InChI is InChI=1S/C14H20N2O3S/c1-12(6-8-17)11-16-7-9-20(18,19)14-4-2-13(10-15)3-5-14/h2-5,12,16-17H,6-9,11H2,1H3. The Morgan fingerprint density at radius 1 is 1.35 bits per heavy atom. The molecule has 0 fully saturated rings. The molecule has 0 amide bonds. The Morgan fingerprint density at radius 2 is 2.00 bits per heavy atom. The molecule has 0 spiro atoms. The summed E-state index contributed by atoms with van der Waals surface area (Å²) in [6.45, 7) is 3.20. The number of hydrogen-bond donors (Lipinski definition) is 2. The maximum Gasteiger partial charge on any atom is 0.179 e. The Labute approximate surface area is 120 Å². The van der Waals surface area contributed by atoms with Gasteiger partial charge in [-0.25, -0.2) is 8.42 Å². The average Bonchev–Trinajstić information content (AvgIpc) is 2.44. The summed E-state index contributed by atoms with van der Waals surface area (Å²) in [6, 6.07) is 7.88. The first-order valence-electron chi connectivity index (χ1n) is 6.54. The largest absolute Gasteiger partial charge is 0.396 e. The molecule has 110 valence electrons. The number of nitrogens with zero attached hydrogens (tertiary/aromatic N) is 1. The van der Waals surface area contributed by atoms with Gasteiger partial charge in [-0.1, -0.05) is 6.92 Å². The Morgan fingerprint density at radius 3 is 2.55 bits per heavy atom. The third-order valence-electron chi connectivity index (χ3n) is 3.00. The molecule has 5 nitrogen and oxygen atoms in total. The summed E-state index contributed by atoms with van der Waals surface area (Å²) < 4.78 is 24.1. The van der Waals surface area contributed by atoms with Crippen LogP contribution in [0.3, 0.4) is 0 Å². The van der Waals surface area contributed by atoms with E-state index in [1.807, 2.05) is 13.0 Å². The van der Waals surface area contributed by atoms with Gasteiger partial charge in [0, 0.05) is 13.2 Å². The van der Waals surface area contributed by atoms with Gasteiger partial charge in [0.15, 0.2) is 9.84 Å². The van der Waals surface area contributed by atoms with Gasteiger partial charge in [0.05, 0.1) is 22.3 Å². The zero-order valence-corrected chi connectivity index (χ0v) is 12.4. The van der Waals surface area contributed by atoms with Gasteiger partial charge in [0.1, 0.15) is 0 Å². The van der Waals surface area contributed by atoms with Crippen LogP contribution >= 0.6 is 0 Å². The molecule has 1 rings (SSSR count). The van der Waals surface area contributed by atoms with Gasteiger partial charge >= 0.3 is 0 Å². The first kappa shape index (κ1) is 16.6. The van der Waals surface area contributed by atoms with Crippen molar-refractivity contribution in [3.63, 3.8) is 0 Å². The number of hydrogen-bond acceptors (Lipinski definition) is 5. The van der Waals surface area contributed by atoms with Gasteiger partial charge < -0.3 is 10.4 Å². The predicted molar refractivity (Wildman–Crippen MR) is 76.9 cm³/mol. The number of rotatable bonds is 8. The fraction of sp³-hybridized carbons (Fsp3) is 0.500. The Bertz CT molecular complexity index is 547. The SMILES string of the molecule is CC(CCO)CNCCS(=O)(=O)c1ccc(C#N)cc1. The van der Waals surface area contributed by atoms with Gasteiger partial charge in [-0.05, 0) is 43.1 Å². The summed E-state index contributed by atoms with van der Waals surface area (Å²) in [4.78, 5) is 0.238. The molecule has 1 unspecified atom stereocenters. The summed E-state index contributed by atoms with van der Waals surface area (Å²) in [5.74, 6) is 0.336. The van der Waals surface area contributed by atoms with Crippen molar-refractivity contribution in [2.45, 2.75) is 18.2 Å². The van der Waals surface area contributed by atoms with Crippen LogP contribution < -0.4 is 5.32 Å². The molecule has 20 heavy (non-hydrogen) atoms. The zero-order valence-electron chi connectivity index (χ0n) is 11.5. The van der Waals surface area contributed by atoms with Crippen LogP contribution in [0.4, 0.5) is 0 Å². The molecule has 1 aromatic rings. The van der Waals surface area contributed by atoms with Crippen molar-refractivity contribution >= 4 is 9.84 Å². The quantitative estimate of drug-likeness (QED) is 0.697. The molecule has 0 bridgehead atoms. The van der Waals surface area contributed by atoms with Crippen LogP contribution in [-0.2, 0) is 9.84 Å². The van der Waals surface area contributed by atoms with Crippen molar-refractivity contribution in [1.82, 2.24) is 5.32 Å². The van der Waals surface area contributed by atoms with E-state index in [0.29, 0.717) is 31.0 Å². The molecule has 1 aromatic carbocycles. The van der Waals surface area contributed by atoms with Crippen LogP contribution in [-0.4, -0.2) is 39.0 Å². The van der Waals surface area contributed by atoms with Crippen LogP contribution in [0.5, 0.6) is 0 Å². The van der Waals surface area contributed by atoms with Crippen molar-refractivity contribution in [2.75, 3.05) is 25.4 Å². The minimum atomic E-state index is -3.32. The number of nitrogens with one attached hydrogen (secondary N) is 1. The molecule has 0 aliphatic heterocycles. The van der Waals surface area contributed by atoms with Crippen molar-refractivity contribution in [3.8, 4) is 6.07 Å². The normalized spacial score (nSPS) is 12.8. The number of nitriles is 1. The fourth-order valence-corrected chi connectivity index (χ4v) is 2.93. The smallest absolute Gasteiger partial charge is 0.179 e. The Balaban J connectivity index is 2.47. The number of sulfone groups is 1. The molecule has 0 saturated carbocycles. The zero-order chi connectivity index (χ0) is 15.0. The van der Waals surface area contributed by atoms with E-state index in [1.54, 1.807) is 0 Å². The Hall–Kier alpha value is -1.42. The van der Waals surface area contributed by atoms with Gasteiger partial charge in [-0.15, -0.1) is 0 Å². The highest BCUT2D eigenvalue weighted by atomic mass is 32.2. The van der Waals surface area contributed by atoms with Crippen LogP contribution in [0, 0.1) is 17.2 Å². The number of aliphatic hydroxyl groups is 1. The topological polar surface area (TPSA) is 90.2 Å². The van der Waals surface area contributed by atoms with E-state index in [-0.39, 0.29) is 17.3 Å². The third-order valence-corrected chi connectivity index (χ3v) is 4.74. The molecule has 1 atom stereocenters. The highest BCUT2D eigenvalue weighted by Crippen LogP contribution is 2.11. The minimum absolute atomic E-state index is 0.0186. The Kier molecular flexibility index (Phi) is 6.65. The van der Waals surface area contributed by atoms with E-state index < -0.39 is 9.84 Å². The van der Waals surface area contributed by atoms with Crippen molar-refractivity contribution < 1.29 is 13.5 Å². The second-order valence-corrected chi connectivity index (χ2v) is 6.89. The average molecular weight is 296 g/mol. The molecular formula is C14H20N2O3S. The van der Waals surface area contributed by atoms with Gasteiger partial charge in [-0.3, -0.25) is 0 Å². The van der Waals surface area contributed by atoms with Crippen LogP contribution in [0.25, 0.3) is 0 Å². The summed E-state index contributed by atoms with van der Waals surface area (Å²) in [7, 11) is -3.32. The molecule has 6 heteroatoms. The van der Waals surface area contributed by atoms with E-state index in [4.69, 9.17) is 10.4 Å². The van der Waals surface area contributed by atoms with E-state index >= 15 is 0 Å². The van der Waals surface area contributed by atoms with E-state index in [9.17, 15) is 8.42 Å².